The summed E-state index contributed by atoms with van der Waals surface area (Å²) in [7, 11) is 1.96. The molecule has 0 spiro atoms. The Morgan fingerprint density at radius 2 is 1.50 bits per heavy atom. The van der Waals surface area contributed by atoms with E-state index in [0.29, 0.717) is 32.4 Å². The average molecular weight is 422 g/mol. The van der Waals surface area contributed by atoms with Crippen molar-refractivity contribution < 1.29 is 17.9 Å². The third-order valence-corrected chi connectivity index (χ3v) is 6.47. The number of amides is 1. The number of hydrogen-bond acceptors (Lipinski definition) is 4. The number of carbonyl (C=O) groups is 1. The summed E-state index contributed by atoms with van der Waals surface area (Å²) in [4.78, 5) is 14.0. The van der Waals surface area contributed by atoms with Crippen molar-refractivity contribution in [3.05, 3.63) is 71.8 Å². The molecule has 0 N–H and O–H groups in total. The van der Waals surface area contributed by atoms with E-state index in [0.717, 1.165) is 11.1 Å². The number of piperidine rings is 1. The van der Waals surface area contributed by atoms with E-state index in [2.05, 4.69) is 0 Å². The number of rotatable bonds is 6. The number of nitrogens with zero attached hydrogens (tertiary/aromatic N) is 1. The first-order valence-corrected chi connectivity index (χ1v) is 11.8. The van der Waals surface area contributed by atoms with Crippen molar-refractivity contribution in [3.8, 4) is 0 Å². The van der Waals surface area contributed by atoms with Crippen LogP contribution in [-0.4, -0.2) is 38.3 Å². The second-order valence-corrected chi connectivity index (χ2v) is 10.1. The lowest BCUT2D eigenvalue weighted by atomic mass is 9.75. The predicted molar refractivity (Wildman–Crippen MR) is 110 cm³/mol. The monoisotopic (exact) mass is 421 g/mol. The Morgan fingerprint density at radius 3 is 2.04 bits per heavy atom. The summed E-state index contributed by atoms with van der Waals surface area (Å²) < 4.78 is 29.1. The van der Waals surface area contributed by atoms with Crippen molar-refractivity contribution in [2.75, 3.05) is 18.8 Å². The van der Waals surface area contributed by atoms with E-state index >= 15 is 0 Å². The van der Waals surface area contributed by atoms with Gasteiger partial charge in [-0.15, -0.1) is 0 Å². The lowest BCUT2D eigenvalue weighted by Gasteiger charge is -2.41. The fraction of sp³-hybridized carbons (Fsp3) is 0.381. The molecule has 3 rings (SSSR count). The topological polar surface area (TPSA) is 63.7 Å². The molecule has 0 atom stereocenters. The highest BCUT2D eigenvalue weighted by Crippen LogP contribution is 2.37. The summed E-state index contributed by atoms with van der Waals surface area (Å²) >= 11 is 0. The van der Waals surface area contributed by atoms with Crippen LogP contribution in [0.3, 0.4) is 0 Å². The van der Waals surface area contributed by atoms with E-state index in [4.69, 9.17) is 15.4 Å². The standard InChI is InChI=1S/C21H24ClNO4S/c22-28(25,26)17-21(15-18-7-3-1-4-8-18)11-13-23(14-12-21)20(24)27-16-19-9-5-2-6-10-19/h1-10H,11-17H2. The first-order chi connectivity index (χ1) is 13.4. The molecule has 1 saturated heterocycles. The SMILES string of the molecule is O=C(OCc1ccccc1)N1CCC(Cc2ccccc2)(CS(=O)(=O)Cl)CC1. The summed E-state index contributed by atoms with van der Waals surface area (Å²) in [6.07, 6.45) is 1.38. The van der Waals surface area contributed by atoms with Gasteiger partial charge < -0.3 is 9.64 Å². The second kappa shape index (κ2) is 8.97. The Bertz CT molecular complexity index is 879. The van der Waals surface area contributed by atoms with Crippen molar-refractivity contribution in [3.63, 3.8) is 0 Å². The summed E-state index contributed by atoms with van der Waals surface area (Å²) in [5, 5.41) is 0. The Kier molecular flexibility index (Phi) is 6.62. The third-order valence-electron chi connectivity index (χ3n) is 5.19. The van der Waals surface area contributed by atoms with Crippen LogP contribution in [0.25, 0.3) is 0 Å². The number of halogens is 1. The lowest BCUT2D eigenvalue weighted by molar-refractivity contribution is 0.0671. The molecule has 0 bridgehead atoms. The zero-order chi connectivity index (χ0) is 20.0. The van der Waals surface area contributed by atoms with Gasteiger partial charge in [-0.1, -0.05) is 60.7 Å². The van der Waals surface area contributed by atoms with Crippen LogP contribution in [0, 0.1) is 5.41 Å². The Labute approximate surface area is 170 Å². The molecule has 7 heteroatoms. The van der Waals surface area contributed by atoms with Gasteiger partial charge >= 0.3 is 6.09 Å². The molecule has 1 aliphatic rings. The number of ether oxygens (including phenoxy) is 1. The summed E-state index contributed by atoms with van der Waals surface area (Å²) in [5.74, 6) is -0.0939. The first kappa shape index (κ1) is 20.7. The third kappa shape index (κ3) is 5.97. The van der Waals surface area contributed by atoms with Gasteiger partial charge in [-0.05, 0) is 35.8 Å². The van der Waals surface area contributed by atoms with Gasteiger partial charge in [0.1, 0.15) is 6.61 Å². The van der Waals surface area contributed by atoms with Gasteiger partial charge in [-0.3, -0.25) is 0 Å². The molecule has 150 valence electrons. The fourth-order valence-corrected chi connectivity index (χ4v) is 5.56. The van der Waals surface area contributed by atoms with Gasteiger partial charge in [0.25, 0.3) is 0 Å². The normalized spacial score (nSPS) is 16.5. The van der Waals surface area contributed by atoms with Gasteiger partial charge in [0.15, 0.2) is 0 Å². The van der Waals surface area contributed by atoms with Crippen LogP contribution in [0.2, 0.25) is 0 Å². The smallest absolute Gasteiger partial charge is 0.410 e. The minimum absolute atomic E-state index is 0.0939. The maximum absolute atomic E-state index is 12.4. The first-order valence-electron chi connectivity index (χ1n) is 9.27. The van der Waals surface area contributed by atoms with Crippen LogP contribution in [0.4, 0.5) is 4.79 Å². The number of benzene rings is 2. The van der Waals surface area contributed by atoms with Gasteiger partial charge in [0.05, 0.1) is 5.75 Å². The van der Waals surface area contributed by atoms with Crippen molar-refractivity contribution in [2.45, 2.75) is 25.9 Å². The van der Waals surface area contributed by atoms with Crippen LogP contribution in [0.5, 0.6) is 0 Å². The molecular formula is C21H24ClNO4S. The van der Waals surface area contributed by atoms with E-state index < -0.39 is 14.5 Å². The summed E-state index contributed by atoms with van der Waals surface area (Å²) in [5.41, 5.74) is 1.53. The molecule has 0 unspecified atom stereocenters. The van der Waals surface area contributed by atoms with Crippen LogP contribution < -0.4 is 0 Å². The maximum Gasteiger partial charge on any atom is 0.410 e. The number of likely N-dealkylation sites (tertiary alicyclic amines) is 1. The highest BCUT2D eigenvalue weighted by molar-refractivity contribution is 8.13. The summed E-state index contributed by atoms with van der Waals surface area (Å²) in [6.45, 7) is 1.13. The molecule has 2 aromatic carbocycles. The molecule has 5 nitrogen and oxygen atoms in total. The lowest BCUT2D eigenvalue weighted by Crippen LogP contribution is -2.46. The predicted octanol–water partition coefficient (Wildman–Crippen LogP) is 4.22. The van der Waals surface area contributed by atoms with Crippen molar-refractivity contribution in [1.29, 1.82) is 0 Å². The number of carbonyl (C=O) groups excluding carboxylic acids is 1. The Hall–Kier alpha value is -2.05. The molecule has 1 aliphatic heterocycles. The molecule has 0 radical (unpaired) electrons. The van der Waals surface area contributed by atoms with Crippen molar-refractivity contribution >= 4 is 25.8 Å². The van der Waals surface area contributed by atoms with Gasteiger partial charge in [-0.2, -0.15) is 0 Å². The molecule has 1 fully saturated rings. The highest BCUT2D eigenvalue weighted by atomic mass is 35.7. The molecule has 0 saturated carbocycles. The van der Waals surface area contributed by atoms with E-state index in [1.165, 1.54) is 0 Å². The van der Waals surface area contributed by atoms with E-state index in [1.807, 2.05) is 60.7 Å². The van der Waals surface area contributed by atoms with E-state index in [9.17, 15) is 13.2 Å². The Balaban J connectivity index is 1.62. The zero-order valence-corrected chi connectivity index (χ0v) is 17.2. The Morgan fingerprint density at radius 1 is 0.964 bits per heavy atom. The largest absolute Gasteiger partial charge is 0.445 e. The quantitative estimate of drug-likeness (QED) is 0.655. The van der Waals surface area contributed by atoms with Crippen LogP contribution >= 0.6 is 10.7 Å². The molecular weight excluding hydrogens is 398 g/mol. The zero-order valence-electron chi connectivity index (χ0n) is 15.6. The molecule has 0 aliphatic carbocycles. The fourth-order valence-electron chi connectivity index (χ4n) is 3.74. The van der Waals surface area contributed by atoms with Gasteiger partial charge in [0, 0.05) is 23.8 Å². The molecule has 0 aromatic heterocycles. The van der Waals surface area contributed by atoms with Gasteiger partial charge in [0.2, 0.25) is 9.05 Å². The highest BCUT2D eigenvalue weighted by Gasteiger charge is 2.39. The second-order valence-electron chi connectivity index (χ2n) is 7.37. The molecule has 1 amide bonds. The minimum Gasteiger partial charge on any atom is -0.445 e. The van der Waals surface area contributed by atoms with Gasteiger partial charge in [-0.25, -0.2) is 13.2 Å². The maximum atomic E-state index is 12.4. The molecule has 1 heterocycles. The minimum atomic E-state index is -3.65. The molecule has 28 heavy (non-hydrogen) atoms. The number of hydrogen-bond donors (Lipinski definition) is 0. The average Bonchev–Trinajstić information content (AvgIpc) is 2.67. The van der Waals surface area contributed by atoms with Crippen molar-refractivity contribution in [1.82, 2.24) is 4.90 Å². The summed E-state index contributed by atoms with van der Waals surface area (Å²) in [6, 6.07) is 19.3. The molecule has 2 aromatic rings. The van der Waals surface area contributed by atoms with E-state index in [1.54, 1.807) is 4.90 Å². The van der Waals surface area contributed by atoms with Crippen LogP contribution in [0.1, 0.15) is 24.0 Å². The van der Waals surface area contributed by atoms with Crippen LogP contribution in [-0.2, 0) is 26.8 Å². The van der Waals surface area contributed by atoms with E-state index in [-0.39, 0.29) is 18.5 Å². The van der Waals surface area contributed by atoms with Crippen LogP contribution in [0.15, 0.2) is 60.7 Å². The van der Waals surface area contributed by atoms with Crippen molar-refractivity contribution in [2.24, 2.45) is 5.41 Å².